The summed E-state index contributed by atoms with van der Waals surface area (Å²) >= 11 is 0. The molecule has 0 saturated carbocycles. The quantitative estimate of drug-likeness (QED) is 0.107. The molecule has 0 aliphatic carbocycles. The molecule has 0 aliphatic rings. The number of carbonyl (C=O) groups excluding carboxylic acids is 4. The molecular formula is C22H36O10. The van der Waals surface area contributed by atoms with Crippen LogP contribution in [-0.4, -0.2) is 69.2 Å². The number of carbonyl (C=O) groups is 4. The Morgan fingerprint density at radius 2 is 1.28 bits per heavy atom. The molecule has 2 unspecified atom stereocenters. The van der Waals surface area contributed by atoms with Crippen molar-refractivity contribution in [3.8, 4) is 0 Å². The lowest BCUT2D eigenvalue weighted by Gasteiger charge is -2.22. The van der Waals surface area contributed by atoms with Gasteiger partial charge in [-0.2, -0.15) is 0 Å². The molecular weight excluding hydrogens is 424 g/mol. The Morgan fingerprint density at radius 1 is 0.812 bits per heavy atom. The highest BCUT2D eigenvalue weighted by atomic mass is 16.6. The van der Waals surface area contributed by atoms with Crippen LogP contribution in [0.2, 0.25) is 0 Å². The smallest absolute Gasteiger partial charge is 0.348 e. The second-order valence-corrected chi connectivity index (χ2v) is 7.60. The molecule has 0 aromatic carbocycles. The normalized spacial score (nSPS) is 14.0. The highest BCUT2D eigenvalue weighted by Gasteiger charge is 2.37. The molecule has 0 aliphatic heterocycles. The molecule has 0 bridgehead atoms. The van der Waals surface area contributed by atoms with Gasteiger partial charge in [0.05, 0.1) is 13.2 Å². The fourth-order valence-electron chi connectivity index (χ4n) is 2.78. The molecule has 184 valence electrons. The van der Waals surface area contributed by atoms with Gasteiger partial charge < -0.3 is 29.9 Å². The van der Waals surface area contributed by atoms with Gasteiger partial charge in [-0.1, -0.05) is 64.7 Å². The summed E-state index contributed by atoms with van der Waals surface area (Å²) < 4.78 is 8.52. The number of hydrogen-bond donors (Lipinski definition) is 4. The predicted octanol–water partition coefficient (Wildman–Crippen LogP) is 1.07. The van der Waals surface area contributed by atoms with E-state index in [-0.39, 0.29) is 6.42 Å². The zero-order chi connectivity index (χ0) is 24.4. The van der Waals surface area contributed by atoms with Gasteiger partial charge in [-0.15, -0.1) is 0 Å². The molecule has 0 rings (SSSR count). The Hall–Kier alpha value is -2.14. The van der Waals surface area contributed by atoms with E-state index in [9.17, 15) is 29.4 Å². The molecule has 0 fully saturated rings. The highest BCUT2D eigenvalue weighted by molar-refractivity contribution is 6.00. The molecule has 10 nitrogen and oxygen atoms in total. The van der Waals surface area contributed by atoms with Gasteiger partial charge in [-0.05, 0) is 12.8 Å². The number of unbranched alkanes of at least 4 members (excludes halogenated alkanes) is 9. The van der Waals surface area contributed by atoms with E-state index in [0.29, 0.717) is 18.6 Å². The summed E-state index contributed by atoms with van der Waals surface area (Å²) in [6, 6.07) is 0. The van der Waals surface area contributed by atoms with Crippen LogP contribution in [0.25, 0.3) is 0 Å². The molecule has 0 amide bonds. The summed E-state index contributed by atoms with van der Waals surface area (Å²) in [7, 11) is 0. The van der Waals surface area contributed by atoms with E-state index in [4.69, 9.17) is 10.2 Å². The van der Waals surface area contributed by atoms with Crippen LogP contribution in [-0.2, 0) is 28.7 Å². The Bertz CT molecular complexity index is 616. The number of ether oxygens (including phenoxy) is 2. The van der Waals surface area contributed by atoms with Crippen LogP contribution < -0.4 is 0 Å². The van der Waals surface area contributed by atoms with E-state index in [1.54, 1.807) is 0 Å². The van der Waals surface area contributed by atoms with Crippen LogP contribution in [0.15, 0.2) is 12.2 Å². The van der Waals surface area contributed by atoms with Crippen LogP contribution in [0.1, 0.15) is 77.6 Å². The van der Waals surface area contributed by atoms with Gasteiger partial charge in [0.2, 0.25) is 0 Å². The van der Waals surface area contributed by atoms with Crippen molar-refractivity contribution in [2.24, 2.45) is 0 Å². The summed E-state index contributed by atoms with van der Waals surface area (Å²) in [5, 5.41) is 37.1. The summed E-state index contributed by atoms with van der Waals surface area (Å²) in [5.41, 5.74) is -2.24. The maximum atomic E-state index is 12.0. The van der Waals surface area contributed by atoms with Crippen LogP contribution in [0.3, 0.4) is 0 Å². The van der Waals surface area contributed by atoms with Crippen LogP contribution in [0, 0.1) is 0 Å². The summed E-state index contributed by atoms with van der Waals surface area (Å²) in [4.78, 5) is 46.1. The van der Waals surface area contributed by atoms with Crippen molar-refractivity contribution >= 4 is 23.9 Å². The number of aliphatic hydroxyl groups is 4. The summed E-state index contributed by atoms with van der Waals surface area (Å²) in [5.74, 6) is -5.44. The number of hydrogen-bond acceptors (Lipinski definition) is 10. The second kappa shape index (κ2) is 17.4. The SMILES string of the molecule is CCCCCCCCCCCCC(O)(CO)C(=O)OC(=O)/C=C/C(=O)OC(=O)C(O)CO. The molecule has 0 spiro atoms. The molecule has 32 heavy (non-hydrogen) atoms. The zero-order valence-corrected chi connectivity index (χ0v) is 18.7. The van der Waals surface area contributed by atoms with Gasteiger partial charge in [0.15, 0.2) is 11.7 Å². The molecule has 4 N–H and O–H groups in total. The van der Waals surface area contributed by atoms with E-state index in [1.165, 1.54) is 32.1 Å². The minimum Gasteiger partial charge on any atom is -0.393 e. The largest absolute Gasteiger partial charge is 0.393 e. The minimum absolute atomic E-state index is 0.0918. The second-order valence-electron chi connectivity index (χ2n) is 7.60. The van der Waals surface area contributed by atoms with E-state index in [0.717, 1.165) is 25.7 Å². The van der Waals surface area contributed by atoms with E-state index in [1.807, 2.05) is 0 Å². The van der Waals surface area contributed by atoms with Crippen molar-refractivity contribution in [2.45, 2.75) is 89.3 Å². The maximum Gasteiger partial charge on any atom is 0.348 e. The van der Waals surface area contributed by atoms with Gasteiger partial charge in [-0.25, -0.2) is 19.2 Å². The van der Waals surface area contributed by atoms with Crippen molar-refractivity contribution in [1.82, 2.24) is 0 Å². The topological polar surface area (TPSA) is 168 Å². The fraction of sp³-hybridized carbons (Fsp3) is 0.727. The number of esters is 4. The monoisotopic (exact) mass is 460 g/mol. The van der Waals surface area contributed by atoms with Crippen molar-refractivity contribution < 1.29 is 49.1 Å². The van der Waals surface area contributed by atoms with E-state index < -0.39 is 48.8 Å². The Kier molecular flexibility index (Phi) is 16.3. The van der Waals surface area contributed by atoms with Gasteiger partial charge in [0.1, 0.15) is 0 Å². The van der Waals surface area contributed by atoms with Gasteiger partial charge >= 0.3 is 23.9 Å². The first kappa shape index (κ1) is 29.9. The Labute approximate surface area is 188 Å². The van der Waals surface area contributed by atoms with Crippen molar-refractivity contribution in [3.05, 3.63) is 12.2 Å². The van der Waals surface area contributed by atoms with Crippen molar-refractivity contribution in [3.63, 3.8) is 0 Å². The third-order valence-corrected chi connectivity index (χ3v) is 4.78. The number of aliphatic hydroxyl groups excluding tert-OH is 3. The minimum atomic E-state index is -2.24. The lowest BCUT2D eigenvalue weighted by Crippen LogP contribution is -2.44. The average molecular weight is 461 g/mol. The first-order chi connectivity index (χ1) is 15.2. The molecule has 0 heterocycles. The molecule has 0 saturated heterocycles. The maximum absolute atomic E-state index is 12.0. The lowest BCUT2D eigenvalue weighted by atomic mass is 9.96. The van der Waals surface area contributed by atoms with Gasteiger partial charge in [0.25, 0.3) is 0 Å². The van der Waals surface area contributed by atoms with Crippen molar-refractivity contribution in [1.29, 1.82) is 0 Å². The van der Waals surface area contributed by atoms with Crippen LogP contribution >= 0.6 is 0 Å². The first-order valence-electron chi connectivity index (χ1n) is 11.0. The third kappa shape index (κ3) is 13.3. The van der Waals surface area contributed by atoms with Gasteiger partial charge in [-0.3, -0.25) is 0 Å². The molecule has 2 atom stereocenters. The molecule has 0 aromatic heterocycles. The zero-order valence-electron chi connectivity index (χ0n) is 18.7. The Balaban J connectivity index is 4.28. The molecule has 0 radical (unpaired) electrons. The van der Waals surface area contributed by atoms with Crippen molar-refractivity contribution in [2.75, 3.05) is 13.2 Å². The fourth-order valence-corrected chi connectivity index (χ4v) is 2.78. The van der Waals surface area contributed by atoms with E-state index in [2.05, 4.69) is 16.4 Å². The highest BCUT2D eigenvalue weighted by Crippen LogP contribution is 2.18. The first-order valence-corrected chi connectivity index (χ1v) is 11.0. The predicted molar refractivity (Wildman–Crippen MR) is 113 cm³/mol. The lowest BCUT2D eigenvalue weighted by molar-refractivity contribution is -0.176. The Morgan fingerprint density at radius 3 is 1.75 bits per heavy atom. The number of rotatable bonds is 17. The molecule has 0 aromatic rings. The van der Waals surface area contributed by atoms with Crippen LogP contribution in [0.5, 0.6) is 0 Å². The summed E-state index contributed by atoms with van der Waals surface area (Å²) in [6.45, 7) is 0.283. The third-order valence-electron chi connectivity index (χ3n) is 4.78. The molecule has 10 heteroatoms. The van der Waals surface area contributed by atoms with E-state index >= 15 is 0 Å². The van der Waals surface area contributed by atoms with Crippen LogP contribution in [0.4, 0.5) is 0 Å². The van der Waals surface area contributed by atoms with Gasteiger partial charge in [0, 0.05) is 12.2 Å². The standard InChI is InChI=1S/C22H36O10/c1-2-3-4-5-6-7-8-9-10-11-14-22(30,16-24)21(29)32-19(27)13-12-18(26)31-20(28)17(25)15-23/h12-13,17,23-25,30H,2-11,14-16H2,1H3/b13-12+. The summed E-state index contributed by atoms with van der Waals surface area (Å²) in [6.07, 6.45) is 9.39. The average Bonchev–Trinajstić information content (AvgIpc) is 2.77.